The van der Waals surface area contributed by atoms with Gasteiger partial charge < -0.3 is 4.90 Å². The first-order chi connectivity index (χ1) is 13.2. The first-order valence-corrected chi connectivity index (χ1v) is 9.83. The highest BCUT2D eigenvalue weighted by Crippen LogP contribution is 2.42. The van der Waals surface area contributed by atoms with Crippen molar-refractivity contribution in [3.05, 3.63) is 65.7 Å². The number of amides is 1. The van der Waals surface area contributed by atoms with Crippen LogP contribution in [0.15, 0.2) is 48.7 Å². The zero-order valence-corrected chi connectivity index (χ0v) is 15.7. The van der Waals surface area contributed by atoms with Crippen LogP contribution in [0.4, 0.5) is 4.39 Å². The molecular weight excluding hydrogens is 341 g/mol. The Kier molecular flexibility index (Phi) is 5.21. The lowest BCUT2D eigenvalue weighted by Crippen LogP contribution is -2.47. The summed E-state index contributed by atoms with van der Waals surface area (Å²) in [6.07, 6.45) is 3.36. The van der Waals surface area contributed by atoms with Gasteiger partial charge >= 0.3 is 0 Å². The van der Waals surface area contributed by atoms with Gasteiger partial charge in [0.05, 0.1) is 5.69 Å². The molecule has 0 spiro atoms. The third kappa shape index (κ3) is 3.74. The second-order valence-electron chi connectivity index (χ2n) is 7.63. The van der Waals surface area contributed by atoms with E-state index in [1.54, 1.807) is 0 Å². The summed E-state index contributed by atoms with van der Waals surface area (Å²) in [5.74, 6) is 0.657. The van der Waals surface area contributed by atoms with E-state index >= 15 is 0 Å². The molecule has 27 heavy (non-hydrogen) atoms. The summed E-state index contributed by atoms with van der Waals surface area (Å²) in [5, 5.41) is 0. The fraction of sp³-hybridized carbons (Fsp3) is 0.455. The van der Waals surface area contributed by atoms with Crippen molar-refractivity contribution < 1.29 is 9.18 Å². The lowest BCUT2D eigenvalue weighted by Gasteiger charge is -2.38. The fourth-order valence-corrected chi connectivity index (χ4v) is 4.72. The third-order valence-electron chi connectivity index (χ3n) is 6.05. The van der Waals surface area contributed by atoms with Crippen molar-refractivity contribution in [2.75, 3.05) is 19.6 Å². The number of carbonyl (C=O) groups excluding carboxylic acids is 1. The summed E-state index contributed by atoms with van der Waals surface area (Å²) in [6, 6.07) is 13.1. The van der Waals surface area contributed by atoms with Crippen molar-refractivity contribution in [3.8, 4) is 0 Å². The molecule has 0 radical (unpaired) electrons. The largest absolute Gasteiger partial charge is 0.339 e. The molecule has 0 saturated carbocycles. The molecule has 5 heteroatoms. The van der Waals surface area contributed by atoms with Gasteiger partial charge in [0.1, 0.15) is 5.82 Å². The summed E-state index contributed by atoms with van der Waals surface area (Å²) in [5.41, 5.74) is 2.21. The molecule has 1 amide bonds. The molecule has 3 atom stereocenters. The molecule has 2 aromatic rings. The van der Waals surface area contributed by atoms with Gasteiger partial charge in [0.2, 0.25) is 5.91 Å². The Morgan fingerprint density at radius 3 is 2.70 bits per heavy atom. The highest BCUT2D eigenvalue weighted by molar-refractivity contribution is 5.76. The lowest BCUT2D eigenvalue weighted by molar-refractivity contribution is -0.132. The zero-order chi connectivity index (χ0) is 18.8. The summed E-state index contributed by atoms with van der Waals surface area (Å²) >= 11 is 0. The van der Waals surface area contributed by atoms with Gasteiger partial charge in [-0.05, 0) is 36.2 Å². The van der Waals surface area contributed by atoms with Crippen molar-refractivity contribution in [1.29, 1.82) is 0 Å². The molecule has 2 saturated heterocycles. The van der Waals surface area contributed by atoms with Gasteiger partial charge in [-0.25, -0.2) is 4.39 Å². The van der Waals surface area contributed by atoms with Gasteiger partial charge in [-0.15, -0.1) is 0 Å². The molecule has 2 aliphatic rings. The average molecular weight is 367 g/mol. The normalized spacial score (nSPS) is 25.4. The van der Waals surface area contributed by atoms with Crippen LogP contribution in [0.5, 0.6) is 0 Å². The van der Waals surface area contributed by atoms with E-state index in [4.69, 9.17) is 0 Å². The maximum absolute atomic E-state index is 13.4. The Bertz CT molecular complexity index is 780. The van der Waals surface area contributed by atoms with Crippen LogP contribution >= 0.6 is 0 Å². The molecule has 0 N–H and O–H groups in total. The maximum atomic E-state index is 13.4. The molecule has 4 rings (SSSR count). The summed E-state index contributed by atoms with van der Waals surface area (Å²) in [4.78, 5) is 21.5. The van der Waals surface area contributed by atoms with Crippen LogP contribution in [0.3, 0.4) is 0 Å². The van der Waals surface area contributed by atoms with E-state index < -0.39 is 0 Å². The molecule has 142 valence electrons. The van der Waals surface area contributed by atoms with Crippen molar-refractivity contribution in [2.24, 2.45) is 5.92 Å². The van der Waals surface area contributed by atoms with E-state index in [0.717, 1.165) is 43.9 Å². The predicted molar refractivity (Wildman–Crippen MR) is 103 cm³/mol. The minimum atomic E-state index is -0.213. The smallest absolute Gasteiger partial charge is 0.222 e. The van der Waals surface area contributed by atoms with Crippen LogP contribution in [0.1, 0.15) is 36.9 Å². The van der Waals surface area contributed by atoms with Gasteiger partial charge in [-0.3, -0.25) is 14.7 Å². The number of benzene rings is 1. The Morgan fingerprint density at radius 2 is 2.00 bits per heavy atom. The van der Waals surface area contributed by atoms with Crippen LogP contribution in [0.25, 0.3) is 0 Å². The SMILES string of the molecule is CCC(=O)N1C[C@H](c2ccc(F)cc2)[C@H]2CN(Cc3ccccn3)CC[C@H]21. The lowest BCUT2D eigenvalue weighted by atomic mass is 9.81. The number of pyridine rings is 1. The van der Waals surface area contributed by atoms with Crippen LogP contribution in [-0.4, -0.2) is 46.4 Å². The topological polar surface area (TPSA) is 36.4 Å². The number of nitrogens with zero attached hydrogens (tertiary/aromatic N) is 3. The number of halogens is 1. The number of likely N-dealkylation sites (tertiary alicyclic amines) is 2. The molecule has 4 nitrogen and oxygen atoms in total. The van der Waals surface area contributed by atoms with Crippen molar-refractivity contribution in [2.45, 2.75) is 38.3 Å². The minimum Gasteiger partial charge on any atom is -0.339 e. The molecule has 2 aliphatic heterocycles. The minimum absolute atomic E-state index is 0.213. The molecule has 1 aromatic heterocycles. The Hall–Kier alpha value is -2.27. The van der Waals surface area contributed by atoms with Gasteiger partial charge in [-0.2, -0.15) is 0 Å². The molecule has 1 aromatic carbocycles. The van der Waals surface area contributed by atoms with E-state index in [-0.39, 0.29) is 23.7 Å². The zero-order valence-electron chi connectivity index (χ0n) is 15.7. The number of hydrogen-bond acceptors (Lipinski definition) is 3. The summed E-state index contributed by atoms with van der Waals surface area (Å²) in [7, 11) is 0. The van der Waals surface area contributed by atoms with Gasteiger partial charge in [0.25, 0.3) is 0 Å². The number of aromatic nitrogens is 1. The number of piperidine rings is 1. The van der Waals surface area contributed by atoms with Crippen LogP contribution in [0, 0.1) is 11.7 Å². The molecule has 0 unspecified atom stereocenters. The molecule has 0 bridgehead atoms. The molecular formula is C22H26FN3O. The summed E-state index contributed by atoms with van der Waals surface area (Å²) < 4.78 is 13.4. The molecule has 2 fully saturated rings. The van der Waals surface area contributed by atoms with Crippen LogP contribution < -0.4 is 0 Å². The van der Waals surface area contributed by atoms with Gasteiger partial charge in [0.15, 0.2) is 0 Å². The van der Waals surface area contributed by atoms with E-state index in [9.17, 15) is 9.18 Å². The van der Waals surface area contributed by atoms with E-state index in [1.165, 1.54) is 12.1 Å². The third-order valence-corrected chi connectivity index (χ3v) is 6.05. The van der Waals surface area contributed by atoms with Gasteiger partial charge in [0, 0.05) is 56.7 Å². The Labute approximate surface area is 160 Å². The van der Waals surface area contributed by atoms with E-state index in [1.807, 2.05) is 37.4 Å². The van der Waals surface area contributed by atoms with E-state index in [0.29, 0.717) is 12.3 Å². The van der Waals surface area contributed by atoms with Crippen molar-refractivity contribution in [1.82, 2.24) is 14.8 Å². The van der Waals surface area contributed by atoms with Gasteiger partial charge in [-0.1, -0.05) is 25.1 Å². The average Bonchev–Trinajstić information content (AvgIpc) is 3.08. The molecule has 0 aliphatic carbocycles. The predicted octanol–water partition coefficient (Wildman–Crippen LogP) is 3.45. The number of fused-ring (bicyclic) bond motifs is 1. The first kappa shape index (κ1) is 18.1. The quantitative estimate of drug-likeness (QED) is 0.831. The number of hydrogen-bond donors (Lipinski definition) is 0. The standard InChI is InChI=1S/C22H26FN3O/c1-2-22(27)26-15-19(16-6-8-17(23)9-7-16)20-14-25(12-10-21(20)26)13-18-5-3-4-11-24-18/h3-9,11,19-21H,2,10,12-15H2,1H3/t19-,20-,21-/m1/s1. The summed E-state index contributed by atoms with van der Waals surface area (Å²) in [6.45, 7) is 5.42. The number of carbonyl (C=O) groups is 1. The fourth-order valence-electron chi connectivity index (χ4n) is 4.72. The van der Waals surface area contributed by atoms with E-state index in [2.05, 4.69) is 20.9 Å². The highest BCUT2D eigenvalue weighted by atomic mass is 19.1. The highest BCUT2D eigenvalue weighted by Gasteiger charge is 2.46. The maximum Gasteiger partial charge on any atom is 0.222 e. The Balaban J connectivity index is 1.56. The number of rotatable bonds is 4. The first-order valence-electron chi connectivity index (χ1n) is 9.83. The van der Waals surface area contributed by atoms with Crippen molar-refractivity contribution in [3.63, 3.8) is 0 Å². The van der Waals surface area contributed by atoms with Crippen LogP contribution in [-0.2, 0) is 11.3 Å². The van der Waals surface area contributed by atoms with Crippen molar-refractivity contribution >= 4 is 5.91 Å². The second-order valence-corrected chi connectivity index (χ2v) is 7.63. The monoisotopic (exact) mass is 367 g/mol. The van der Waals surface area contributed by atoms with Crippen LogP contribution in [0.2, 0.25) is 0 Å². The Morgan fingerprint density at radius 1 is 1.19 bits per heavy atom. The molecule has 3 heterocycles. The second kappa shape index (κ2) is 7.77.